The Morgan fingerprint density at radius 2 is 1.12 bits per heavy atom. The number of carbonyl (C=O) groups excluding carboxylic acids is 2. The minimum Gasteiger partial charge on any atom is -0.353 e. The third kappa shape index (κ3) is 8.26. The van der Waals surface area contributed by atoms with Crippen molar-refractivity contribution < 1.29 is 9.59 Å². The van der Waals surface area contributed by atoms with Gasteiger partial charge in [0.1, 0.15) is 0 Å². The van der Waals surface area contributed by atoms with Gasteiger partial charge in [0.05, 0.1) is 33.3 Å². The molecule has 2 atom stereocenters. The molecule has 0 bridgehead atoms. The molecule has 0 aliphatic carbocycles. The van der Waals surface area contributed by atoms with E-state index < -0.39 is 0 Å². The molecule has 2 aromatic carbocycles. The fourth-order valence-corrected chi connectivity index (χ4v) is 6.07. The number of hydrogen-bond donors (Lipinski definition) is 2. The number of amides is 2. The van der Waals surface area contributed by atoms with Crippen LogP contribution < -0.4 is 21.8 Å². The molecule has 0 fully saturated rings. The summed E-state index contributed by atoms with van der Waals surface area (Å²) in [5, 5.41) is 7.77. The van der Waals surface area contributed by atoms with Crippen LogP contribution >= 0.6 is 23.5 Å². The first-order valence-electron chi connectivity index (χ1n) is 14.5. The Balaban J connectivity index is 1.59. The Morgan fingerprint density at radius 3 is 1.51 bits per heavy atom. The van der Waals surface area contributed by atoms with E-state index in [0.29, 0.717) is 38.5 Å². The second-order valence-electron chi connectivity index (χ2n) is 10.4. The normalized spacial score (nSPS) is 12.7. The van der Waals surface area contributed by atoms with Crippen molar-refractivity contribution in [2.45, 2.75) is 82.4 Å². The third-order valence-corrected chi connectivity index (χ3v) is 9.07. The number of aromatic nitrogens is 4. The van der Waals surface area contributed by atoms with Crippen LogP contribution in [0.5, 0.6) is 0 Å². The summed E-state index contributed by atoms with van der Waals surface area (Å²) in [7, 11) is 0. The molecule has 0 aliphatic rings. The second-order valence-corrected chi connectivity index (χ2v) is 12.3. The number of para-hydroxylation sites is 2. The maximum absolute atomic E-state index is 13.5. The highest BCUT2D eigenvalue weighted by molar-refractivity contribution is 8.00. The zero-order valence-electron chi connectivity index (χ0n) is 25.0. The Bertz CT molecular complexity index is 1600. The molecular formula is C31H38N6O4S2. The Hall–Kier alpha value is -3.64. The molecule has 12 heteroatoms. The van der Waals surface area contributed by atoms with Crippen LogP contribution in [0.1, 0.15) is 47.0 Å². The predicted molar refractivity (Wildman–Crippen MR) is 174 cm³/mol. The van der Waals surface area contributed by atoms with E-state index in [1.807, 2.05) is 39.8 Å². The number of carbonyl (C=O) groups is 2. The molecular weight excluding hydrogens is 585 g/mol. The van der Waals surface area contributed by atoms with Crippen LogP contribution in [-0.4, -0.2) is 54.5 Å². The summed E-state index contributed by atoms with van der Waals surface area (Å²) in [6.07, 6.45) is 2.07. The van der Waals surface area contributed by atoms with Crippen LogP contribution in [-0.2, 0) is 22.7 Å². The Kier molecular flexibility index (Phi) is 11.4. The zero-order chi connectivity index (χ0) is 30.9. The fourth-order valence-electron chi connectivity index (χ4n) is 4.39. The molecule has 0 radical (unpaired) electrons. The molecule has 4 rings (SSSR count). The predicted octanol–water partition coefficient (Wildman–Crippen LogP) is 4.21. The Morgan fingerprint density at radius 1 is 0.721 bits per heavy atom. The summed E-state index contributed by atoms with van der Waals surface area (Å²) in [5.74, 6) is 0.00740. The number of fused-ring (bicyclic) bond motifs is 2. The topological polar surface area (TPSA) is 128 Å². The first-order chi connectivity index (χ1) is 20.7. The molecule has 2 amide bonds. The lowest BCUT2D eigenvalue weighted by Gasteiger charge is -2.16. The minimum absolute atomic E-state index is 0.0573. The molecule has 0 saturated carbocycles. The molecule has 2 aromatic heterocycles. The van der Waals surface area contributed by atoms with Gasteiger partial charge in [-0.2, -0.15) is 0 Å². The molecule has 4 aromatic rings. The van der Waals surface area contributed by atoms with Gasteiger partial charge in [-0.15, -0.1) is 0 Å². The van der Waals surface area contributed by atoms with Gasteiger partial charge >= 0.3 is 0 Å². The standard InChI is InChI=1S/C31H38N6O4S2/c1-5-20(3)32-26(38)18-42-30-34-24-14-9-7-12-22(24)28(40)36(30)16-11-17-37-29(41)23-13-8-10-15-25(23)35-31(37)43-19-27(39)33-21(4)6-2/h7-10,12-15,20-21H,5-6,11,16-19H2,1-4H3,(H,32,38)(H,33,39). The minimum atomic E-state index is -0.198. The molecule has 0 saturated heterocycles. The molecule has 10 nitrogen and oxygen atoms in total. The second kappa shape index (κ2) is 15.2. The number of nitrogens with zero attached hydrogens (tertiary/aromatic N) is 4. The molecule has 43 heavy (non-hydrogen) atoms. The number of benzene rings is 2. The zero-order valence-corrected chi connectivity index (χ0v) is 26.6. The number of rotatable bonds is 14. The fraction of sp³-hybridized carbons (Fsp3) is 0.419. The van der Waals surface area contributed by atoms with Crippen LogP contribution in [0.15, 0.2) is 68.4 Å². The van der Waals surface area contributed by atoms with Gasteiger partial charge in [-0.1, -0.05) is 61.6 Å². The molecule has 228 valence electrons. The SMILES string of the molecule is CCC(C)NC(=O)CSc1nc2ccccc2c(=O)n1CCCn1c(SCC(=O)NC(C)CC)nc2ccccc2c1=O. The average Bonchev–Trinajstić information content (AvgIpc) is 3.01. The Labute approximate surface area is 259 Å². The largest absolute Gasteiger partial charge is 0.353 e. The van der Waals surface area contributed by atoms with Crippen molar-refractivity contribution in [3.05, 3.63) is 69.2 Å². The van der Waals surface area contributed by atoms with Gasteiger partial charge in [-0.25, -0.2) is 9.97 Å². The first kappa shape index (κ1) is 32.3. The van der Waals surface area contributed by atoms with Gasteiger partial charge in [0, 0.05) is 25.2 Å². The van der Waals surface area contributed by atoms with Gasteiger partial charge in [0.25, 0.3) is 11.1 Å². The van der Waals surface area contributed by atoms with Crippen molar-refractivity contribution in [1.82, 2.24) is 29.7 Å². The molecule has 2 heterocycles. The highest BCUT2D eigenvalue weighted by Gasteiger charge is 2.17. The summed E-state index contributed by atoms with van der Waals surface area (Å²) < 4.78 is 3.16. The molecule has 0 spiro atoms. The van der Waals surface area contributed by atoms with E-state index >= 15 is 0 Å². The van der Waals surface area contributed by atoms with Gasteiger partial charge in [0.15, 0.2) is 10.3 Å². The van der Waals surface area contributed by atoms with Gasteiger partial charge in [-0.05, 0) is 57.4 Å². The lowest BCUT2D eigenvalue weighted by Crippen LogP contribution is -2.33. The monoisotopic (exact) mass is 622 g/mol. The molecule has 2 N–H and O–H groups in total. The highest BCUT2D eigenvalue weighted by atomic mass is 32.2. The van der Waals surface area contributed by atoms with Crippen molar-refractivity contribution in [1.29, 1.82) is 0 Å². The summed E-state index contributed by atoms with van der Waals surface area (Å²) in [6, 6.07) is 14.4. The first-order valence-corrected chi connectivity index (χ1v) is 16.5. The van der Waals surface area contributed by atoms with Crippen LogP contribution in [0.25, 0.3) is 21.8 Å². The van der Waals surface area contributed by atoms with E-state index in [2.05, 4.69) is 10.6 Å². The van der Waals surface area contributed by atoms with E-state index in [1.54, 1.807) is 45.5 Å². The number of thioether (sulfide) groups is 2. The van der Waals surface area contributed by atoms with E-state index in [4.69, 9.17) is 9.97 Å². The van der Waals surface area contributed by atoms with Crippen LogP contribution in [0.4, 0.5) is 0 Å². The van der Waals surface area contributed by atoms with E-state index in [0.717, 1.165) is 12.8 Å². The van der Waals surface area contributed by atoms with Crippen molar-refractivity contribution in [3.63, 3.8) is 0 Å². The van der Waals surface area contributed by atoms with Crippen LogP contribution in [0, 0.1) is 0 Å². The van der Waals surface area contributed by atoms with E-state index in [-0.39, 0.29) is 59.6 Å². The molecule has 2 unspecified atom stereocenters. The van der Waals surface area contributed by atoms with Crippen LogP contribution in [0.3, 0.4) is 0 Å². The summed E-state index contributed by atoms with van der Waals surface area (Å²) >= 11 is 2.44. The van der Waals surface area contributed by atoms with Gasteiger partial charge < -0.3 is 10.6 Å². The quantitative estimate of drug-likeness (QED) is 0.158. The highest BCUT2D eigenvalue weighted by Crippen LogP contribution is 2.20. The average molecular weight is 623 g/mol. The molecule has 0 aliphatic heterocycles. The van der Waals surface area contributed by atoms with E-state index in [1.165, 1.54) is 23.5 Å². The lowest BCUT2D eigenvalue weighted by atomic mass is 10.2. The van der Waals surface area contributed by atoms with Crippen molar-refractivity contribution in [2.75, 3.05) is 11.5 Å². The van der Waals surface area contributed by atoms with Crippen LogP contribution in [0.2, 0.25) is 0 Å². The third-order valence-electron chi connectivity index (χ3n) is 7.12. The maximum Gasteiger partial charge on any atom is 0.262 e. The lowest BCUT2D eigenvalue weighted by molar-refractivity contribution is -0.120. The van der Waals surface area contributed by atoms with Crippen molar-refractivity contribution >= 4 is 57.1 Å². The van der Waals surface area contributed by atoms with Crippen molar-refractivity contribution in [2.24, 2.45) is 0 Å². The smallest absolute Gasteiger partial charge is 0.262 e. The maximum atomic E-state index is 13.5. The number of hydrogen-bond acceptors (Lipinski definition) is 8. The van der Waals surface area contributed by atoms with E-state index in [9.17, 15) is 19.2 Å². The van der Waals surface area contributed by atoms with Gasteiger partial charge in [0.2, 0.25) is 11.8 Å². The summed E-state index contributed by atoms with van der Waals surface area (Å²) in [6.45, 7) is 8.46. The summed E-state index contributed by atoms with van der Waals surface area (Å²) in [5.41, 5.74) is 0.738. The van der Waals surface area contributed by atoms with Crippen molar-refractivity contribution in [3.8, 4) is 0 Å². The van der Waals surface area contributed by atoms with Gasteiger partial charge in [-0.3, -0.25) is 28.3 Å². The number of nitrogens with one attached hydrogen (secondary N) is 2. The summed E-state index contributed by atoms with van der Waals surface area (Å²) in [4.78, 5) is 61.5.